The van der Waals surface area contributed by atoms with Gasteiger partial charge < -0.3 is 9.15 Å². The second-order valence-corrected chi connectivity index (χ2v) is 5.81. The summed E-state index contributed by atoms with van der Waals surface area (Å²) in [5.41, 5.74) is 1.07. The average molecular weight is 385 g/mol. The number of halogens is 1. The SMILES string of the molecule is O=C(O[C@H](C(=O)c1ccccc1)c1ccccc1)c1ccc(Br)o1. The first-order chi connectivity index (χ1) is 11.6. The molecular formula is C19H13BrO4. The maximum absolute atomic E-state index is 12.8. The van der Waals surface area contributed by atoms with E-state index in [1.165, 1.54) is 6.07 Å². The second kappa shape index (κ2) is 7.27. The summed E-state index contributed by atoms with van der Waals surface area (Å²) in [6.07, 6.45) is -1.04. The molecule has 0 aliphatic rings. The predicted molar refractivity (Wildman–Crippen MR) is 91.8 cm³/mol. The smallest absolute Gasteiger partial charge is 0.375 e. The van der Waals surface area contributed by atoms with E-state index in [-0.39, 0.29) is 11.5 Å². The van der Waals surface area contributed by atoms with Crippen LogP contribution in [0.5, 0.6) is 0 Å². The molecule has 0 aliphatic heterocycles. The minimum atomic E-state index is -1.04. The molecule has 24 heavy (non-hydrogen) atoms. The van der Waals surface area contributed by atoms with Crippen LogP contribution in [0.3, 0.4) is 0 Å². The number of benzene rings is 2. The van der Waals surface area contributed by atoms with Crippen LogP contribution in [0.4, 0.5) is 0 Å². The van der Waals surface area contributed by atoms with Crippen molar-refractivity contribution in [2.24, 2.45) is 0 Å². The molecule has 3 aromatic rings. The highest BCUT2D eigenvalue weighted by Gasteiger charge is 2.27. The molecular weight excluding hydrogens is 372 g/mol. The fraction of sp³-hybridized carbons (Fsp3) is 0.0526. The third-order valence-electron chi connectivity index (χ3n) is 3.40. The van der Waals surface area contributed by atoms with Gasteiger partial charge in [-0.2, -0.15) is 0 Å². The molecule has 1 heterocycles. The van der Waals surface area contributed by atoms with Crippen molar-refractivity contribution in [1.82, 2.24) is 0 Å². The molecule has 120 valence electrons. The van der Waals surface area contributed by atoms with E-state index in [1.54, 1.807) is 54.6 Å². The fourth-order valence-corrected chi connectivity index (χ4v) is 2.55. The molecule has 1 atom stereocenters. The lowest BCUT2D eigenvalue weighted by atomic mass is 10.00. The van der Waals surface area contributed by atoms with E-state index in [2.05, 4.69) is 15.9 Å². The number of Topliss-reactive ketones (excluding diaryl/α,β-unsaturated/α-hetero) is 1. The number of ketones is 1. The first-order valence-electron chi connectivity index (χ1n) is 7.25. The number of furan rings is 1. The topological polar surface area (TPSA) is 56.5 Å². The number of ether oxygens (including phenoxy) is 1. The minimum absolute atomic E-state index is 0.0312. The van der Waals surface area contributed by atoms with E-state index in [1.807, 2.05) is 12.1 Å². The predicted octanol–water partition coefficient (Wildman–Crippen LogP) is 4.82. The van der Waals surface area contributed by atoms with Crippen LogP contribution in [0.1, 0.15) is 32.6 Å². The van der Waals surface area contributed by atoms with Crippen molar-refractivity contribution in [3.05, 3.63) is 94.4 Å². The van der Waals surface area contributed by atoms with Gasteiger partial charge in [0, 0.05) is 11.1 Å². The van der Waals surface area contributed by atoms with Crippen LogP contribution < -0.4 is 0 Å². The highest BCUT2D eigenvalue weighted by atomic mass is 79.9. The summed E-state index contributed by atoms with van der Waals surface area (Å²) in [5, 5.41) is 0. The van der Waals surface area contributed by atoms with Gasteiger partial charge in [0.15, 0.2) is 10.8 Å². The minimum Gasteiger partial charge on any atom is -0.443 e. The Morgan fingerprint density at radius 3 is 2.08 bits per heavy atom. The van der Waals surface area contributed by atoms with Gasteiger partial charge in [0.05, 0.1) is 0 Å². The van der Waals surface area contributed by atoms with Crippen LogP contribution in [0, 0.1) is 0 Å². The van der Waals surface area contributed by atoms with Crippen LogP contribution in [0.2, 0.25) is 0 Å². The number of hydrogen-bond donors (Lipinski definition) is 0. The molecule has 0 spiro atoms. The third kappa shape index (κ3) is 3.63. The average Bonchev–Trinajstić information content (AvgIpc) is 3.07. The highest BCUT2D eigenvalue weighted by Crippen LogP contribution is 2.25. The molecule has 0 amide bonds. The first kappa shape index (κ1) is 16.2. The number of carbonyl (C=O) groups is 2. The number of esters is 1. The molecule has 5 heteroatoms. The summed E-state index contributed by atoms with van der Waals surface area (Å²) in [7, 11) is 0. The molecule has 0 unspecified atom stereocenters. The van der Waals surface area contributed by atoms with Crippen molar-refractivity contribution in [2.75, 3.05) is 0 Å². The molecule has 2 aromatic carbocycles. The van der Waals surface area contributed by atoms with E-state index in [0.717, 1.165) is 0 Å². The molecule has 0 N–H and O–H groups in total. The van der Waals surface area contributed by atoms with Gasteiger partial charge in [-0.25, -0.2) is 4.79 Å². The first-order valence-corrected chi connectivity index (χ1v) is 8.05. The van der Waals surface area contributed by atoms with Crippen molar-refractivity contribution in [1.29, 1.82) is 0 Å². The van der Waals surface area contributed by atoms with Gasteiger partial charge in [0.25, 0.3) is 0 Å². The van der Waals surface area contributed by atoms with Gasteiger partial charge in [-0.05, 0) is 28.1 Å². The molecule has 0 fully saturated rings. The van der Waals surface area contributed by atoms with Gasteiger partial charge in [-0.15, -0.1) is 0 Å². The molecule has 0 saturated heterocycles. The molecule has 3 rings (SSSR count). The lowest BCUT2D eigenvalue weighted by Crippen LogP contribution is -2.20. The van der Waals surface area contributed by atoms with E-state index in [0.29, 0.717) is 15.8 Å². The maximum atomic E-state index is 12.8. The largest absolute Gasteiger partial charge is 0.443 e. The Hall–Kier alpha value is -2.66. The Kier molecular flexibility index (Phi) is 4.91. The van der Waals surface area contributed by atoms with E-state index in [9.17, 15) is 9.59 Å². The Morgan fingerprint density at radius 2 is 1.50 bits per heavy atom. The van der Waals surface area contributed by atoms with Crippen molar-refractivity contribution in [2.45, 2.75) is 6.10 Å². The molecule has 4 nitrogen and oxygen atoms in total. The van der Waals surface area contributed by atoms with Crippen LogP contribution in [-0.4, -0.2) is 11.8 Å². The van der Waals surface area contributed by atoms with Gasteiger partial charge in [-0.1, -0.05) is 60.7 Å². The van der Waals surface area contributed by atoms with Gasteiger partial charge >= 0.3 is 5.97 Å². The number of carbonyl (C=O) groups excluding carboxylic acids is 2. The van der Waals surface area contributed by atoms with Crippen molar-refractivity contribution < 1.29 is 18.7 Å². The van der Waals surface area contributed by atoms with Crippen molar-refractivity contribution in [3.63, 3.8) is 0 Å². The Bertz CT molecular complexity index is 840. The maximum Gasteiger partial charge on any atom is 0.375 e. The van der Waals surface area contributed by atoms with Crippen LogP contribution in [0.15, 0.2) is 81.9 Å². The molecule has 0 aliphatic carbocycles. The summed E-state index contributed by atoms with van der Waals surface area (Å²) in [4.78, 5) is 25.1. The van der Waals surface area contributed by atoms with E-state index in [4.69, 9.17) is 9.15 Å². The summed E-state index contributed by atoms with van der Waals surface area (Å²) in [5.74, 6) is -0.955. The van der Waals surface area contributed by atoms with Crippen molar-refractivity contribution >= 4 is 27.7 Å². The molecule has 0 radical (unpaired) electrons. The number of hydrogen-bond acceptors (Lipinski definition) is 4. The summed E-state index contributed by atoms with van der Waals surface area (Å²) in [6, 6.07) is 20.7. The van der Waals surface area contributed by atoms with Crippen LogP contribution >= 0.6 is 15.9 Å². The van der Waals surface area contributed by atoms with Crippen LogP contribution in [0.25, 0.3) is 0 Å². The highest BCUT2D eigenvalue weighted by molar-refractivity contribution is 9.10. The fourth-order valence-electron chi connectivity index (χ4n) is 2.24. The van der Waals surface area contributed by atoms with Gasteiger partial charge in [0.2, 0.25) is 11.5 Å². The van der Waals surface area contributed by atoms with Crippen molar-refractivity contribution in [3.8, 4) is 0 Å². The summed E-state index contributed by atoms with van der Waals surface area (Å²) < 4.78 is 11.1. The molecule has 0 saturated carbocycles. The van der Waals surface area contributed by atoms with Gasteiger partial charge in [0.1, 0.15) is 0 Å². The van der Waals surface area contributed by atoms with E-state index >= 15 is 0 Å². The zero-order valence-corrected chi connectivity index (χ0v) is 14.1. The van der Waals surface area contributed by atoms with Crippen LogP contribution in [-0.2, 0) is 4.74 Å². The molecule has 1 aromatic heterocycles. The zero-order valence-electron chi connectivity index (χ0n) is 12.5. The zero-order chi connectivity index (χ0) is 16.9. The third-order valence-corrected chi connectivity index (χ3v) is 3.82. The molecule has 0 bridgehead atoms. The Morgan fingerprint density at radius 1 is 0.875 bits per heavy atom. The quantitative estimate of drug-likeness (QED) is 0.467. The second-order valence-electron chi connectivity index (χ2n) is 5.03. The van der Waals surface area contributed by atoms with Gasteiger partial charge in [-0.3, -0.25) is 4.79 Å². The summed E-state index contributed by atoms with van der Waals surface area (Å²) >= 11 is 3.14. The Labute approximate surface area is 147 Å². The monoisotopic (exact) mass is 384 g/mol. The number of rotatable bonds is 5. The Balaban J connectivity index is 1.91. The summed E-state index contributed by atoms with van der Waals surface area (Å²) in [6.45, 7) is 0. The normalized spacial score (nSPS) is 11.7. The van der Waals surface area contributed by atoms with E-state index < -0.39 is 12.1 Å². The lowest BCUT2D eigenvalue weighted by Gasteiger charge is -2.16. The lowest BCUT2D eigenvalue weighted by molar-refractivity contribution is 0.0249. The standard InChI is InChI=1S/C19H13BrO4/c20-16-12-11-15(23-16)19(22)24-18(14-9-5-2-6-10-14)17(21)13-7-3-1-4-8-13/h1-12,18H/t18-/m0/s1.